The molecule has 3 aromatic carbocycles. The number of fused-ring (bicyclic) bond motifs is 4. The number of carbonyl (C=O) groups excluding carboxylic acids is 1. The van der Waals surface area contributed by atoms with Crippen LogP contribution in [0.3, 0.4) is 0 Å². The van der Waals surface area contributed by atoms with Crippen molar-refractivity contribution in [1.82, 2.24) is 9.05 Å². The zero-order valence-electron chi connectivity index (χ0n) is 17.1. The van der Waals surface area contributed by atoms with Crippen LogP contribution in [0.25, 0.3) is 21.8 Å². The highest BCUT2D eigenvalue weighted by atomic mass is 16.1. The van der Waals surface area contributed by atoms with Crippen LogP contribution in [0, 0.1) is 6.92 Å². The maximum Gasteiger partial charge on any atom is 0.205 e. The van der Waals surface area contributed by atoms with Gasteiger partial charge in [-0.3, -0.25) is 14.1 Å². The van der Waals surface area contributed by atoms with Crippen molar-refractivity contribution in [3.63, 3.8) is 0 Å². The Hall–Kier alpha value is -3.24. The quantitative estimate of drug-likeness (QED) is 0.349. The van der Waals surface area contributed by atoms with Crippen molar-refractivity contribution < 1.29 is 4.79 Å². The fourth-order valence-electron chi connectivity index (χ4n) is 4.74. The van der Waals surface area contributed by atoms with Gasteiger partial charge in [0.25, 0.3) is 0 Å². The Morgan fingerprint density at radius 3 is 2.34 bits per heavy atom. The Bertz CT molecular complexity index is 1410. The summed E-state index contributed by atoms with van der Waals surface area (Å²) in [5, 5.41) is 1.38. The summed E-state index contributed by atoms with van der Waals surface area (Å²) >= 11 is 0. The molecule has 1 aliphatic rings. The summed E-state index contributed by atoms with van der Waals surface area (Å²) in [7, 11) is 4.08. The lowest BCUT2D eigenvalue weighted by molar-refractivity contribution is 0.103. The largest absolute Gasteiger partial charge is 0.343 e. The number of hydrogen-bond donors (Lipinski definition) is 0. The zero-order chi connectivity index (χ0) is 20.5. The molecular weight excluding hydrogens is 360 g/mol. The third-order valence-electron chi connectivity index (χ3n) is 6.57. The van der Waals surface area contributed by atoms with E-state index >= 15 is 0 Å². The minimum absolute atomic E-state index is 0.0218. The predicted octanol–water partition coefficient (Wildman–Crippen LogP) is 4.83. The number of nitrogens with zero attached hydrogens (tertiary/aromatic N) is 2. The summed E-state index contributed by atoms with van der Waals surface area (Å²) in [6.07, 6.45) is 0. The van der Waals surface area contributed by atoms with E-state index in [-0.39, 0.29) is 11.2 Å². The molecule has 1 unspecified atom stereocenters. The number of aromatic nitrogens is 1. The summed E-state index contributed by atoms with van der Waals surface area (Å²) in [6.45, 7) is 4.90. The third-order valence-corrected chi connectivity index (χ3v) is 6.57. The molecule has 0 fully saturated rings. The van der Waals surface area contributed by atoms with E-state index in [1.165, 1.54) is 0 Å². The molecule has 1 atom stereocenters. The van der Waals surface area contributed by atoms with Gasteiger partial charge >= 0.3 is 0 Å². The summed E-state index contributed by atoms with van der Waals surface area (Å²) in [5.74, 6) is 0.0259. The number of ketones is 1. The minimum atomic E-state index is 0.0218. The van der Waals surface area contributed by atoms with Crippen molar-refractivity contribution in [1.29, 1.82) is 0 Å². The molecule has 4 nitrogen and oxygen atoms in total. The van der Waals surface area contributed by atoms with Gasteiger partial charge in [-0.05, 0) is 38.1 Å². The van der Waals surface area contributed by atoms with Crippen LogP contribution >= 0.6 is 0 Å². The molecule has 0 saturated carbocycles. The molecule has 144 valence electrons. The lowest BCUT2D eigenvalue weighted by atomic mass is 9.90. The zero-order valence-corrected chi connectivity index (χ0v) is 17.1. The highest BCUT2D eigenvalue weighted by molar-refractivity contribution is 6.19. The summed E-state index contributed by atoms with van der Waals surface area (Å²) in [6, 6.07) is 17.6. The van der Waals surface area contributed by atoms with Crippen LogP contribution in [-0.2, 0) is 7.05 Å². The number of pyridine rings is 1. The van der Waals surface area contributed by atoms with Gasteiger partial charge in [0, 0.05) is 24.6 Å². The van der Waals surface area contributed by atoms with Crippen molar-refractivity contribution >= 4 is 39.0 Å². The SMILES string of the molecule is CC[N+]1(C)c2ccccc2C(=O)c2cc3c(cc21)c(=O)c1cc(C)ccc1n3C. The van der Waals surface area contributed by atoms with Crippen LogP contribution in [0.2, 0.25) is 0 Å². The molecule has 4 aromatic rings. The molecular formula is C25H23N2O2+. The monoisotopic (exact) mass is 383 g/mol. The van der Waals surface area contributed by atoms with Crippen LogP contribution in [0.5, 0.6) is 0 Å². The standard InChI is InChI=1S/C25H23N2O2/c1-5-27(4)22-9-7-6-8-16(22)24(28)19-13-21-18(14-23(19)27)25(29)17-12-15(2)10-11-20(17)26(21)3/h6-14H,5H2,1-4H3/q+1. The maximum atomic E-state index is 13.4. The van der Waals surface area contributed by atoms with Crippen LogP contribution in [0.15, 0.2) is 59.4 Å². The molecule has 0 bridgehead atoms. The van der Waals surface area contributed by atoms with E-state index in [4.69, 9.17) is 0 Å². The van der Waals surface area contributed by atoms with Gasteiger partial charge in [-0.25, -0.2) is 0 Å². The second-order valence-corrected chi connectivity index (χ2v) is 8.15. The van der Waals surface area contributed by atoms with Gasteiger partial charge < -0.3 is 4.57 Å². The Kier molecular flexibility index (Phi) is 3.61. The molecule has 0 saturated heterocycles. The molecule has 1 aromatic heterocycles. The van der Waals surface area contributed by atoms with E-state index in [1.54, 1.807) is 0 Å². The lowest BCUT2D eigenvalue weighted by Crippen LogP contribution is -2.44. The first-order valence-electron chi connectivity index (χ1n) is 9.94. The van der Waals surface area contributed by atoms with Crippen molar-refractivity contribution in [2.24, 2.45) is 7.05 Å². The molecule has 29 heavy (non-hydrogen) atoms. The topological polar surface area (TPSA) is 39.1 Å². The molecule has 4 heteroatoms. The third kappa shape index (κ3) is 2.23. The summed E-state index contributed by atoms with van der Waals surface area (Å²) in [4.78, 5) is 26.8. The smallest absolute Gasteiger partial charge is 0.205 e. The minimum Gasteiger partial charge on any atom is -0.343 e. The second kappa shape index (κ2) is 5.88. The second-order valence-electron chi connectivity index (χ2n) is 8.15. The predicted molar refractivity (Wildman–Crippen MR) is 119 cm³/mol. The number of hydrogen-bond acceptors (Lipinski definition) is 2. The first-order valence-corrected chi connectivity index (χ1v) is 9.94. The van der Waals surface area contributed by atoms with Gasteiger partial charge in [0.05, 0.1) is 41.1 Å². The van der Waals surface area contributed by atoms with Crippen molar-refractivity contribution in [2.45, 2.75) is 13.8 Å². The van der Waals surface area contributed by atoms with E-state index in [0.29, 0.717) is 20.8 Å². The molecule has 0 aliphatic carbocycles. The highest BCUT2D eigenvalue weighted by Gasteiger charge is 2.40. The van der Waals surface area contributed by atoms with Crippen LogP contribution in [0.4, 0.5) is 11.4 Å². The first kappa shape index (κ1) is 17.8. The Morgan fingerprint density at radius 1 is 0.862 bits per heavy atom. The fourth-order valence-corrected chi connectivity index (χ4v) is 4.74. The Balaban J connectivity index is 1.96. The van der Waals surface area contributed by atoms with Crippen molar-refractivity contribution in [2.75, 3.05) is 13.6 Å². The molecule has 1 aliphatic heterocycles. The van der Waals surface area contributed by atoms with Gasteiger partial charge in [0.1, 0.15) is 11.4 Å². The van der Waals surface area contributed by atoms with E-state index in [9.17, 15) is 9.59 Å². The normalized spacial score (nSPS) is 18.1. The maximum absolute atomic E-state index is 13.4. The number of quaternary nitrogens is 1. The van der Waals surface area contributed by atoms with E-state index < -0.39 is 0 Å². The molecule has 0 radical (unpaired) electrons. The number of carbonyl (C=O) groups is 1. The van der Waals surface area contributed by atoms with Gasteiger partial charge in [0.2, 0.25) is 5.78 Å². The number of benzene rings is 3. The molecule has 0 N–H and O–H groups in total. The summed E-state index contributed by atoms with van der Waals surface area (Å²) in [5.41, 5.74) is 6.06. The number of aryl methyl sites for hydroxylation is 2. The van der Waals surface area contributed by atoms with Gasteiger partial charge in [-0.1, -0.05) is 23.8 Å². The van der Waals surface area contributed by atoms with E-state index in [0.717, 1.165) is 40.1 Å². The van der Waals surface area contributed by atoms with Gasteiger partial charge in [-0.2, -0.15) is 0 Å². The average molecular weight is 383 g/mol. The van der Waals surface area contributed by atoms with Crippen LogP contribution in [0.1, 0.15) is 28.4 Å². The lowest BCUT2D eigenvalue weighted by Gasteiger charge is -2.38. The fraction of sp³-hybridized carbons (Fsp3) is 0.200. The number of para-hydroxylation sites is 1. The molecule has 0 spiro atoms. The van der Waals surface area contributed by atoms with Crippen molar-refractivity contribution in [3.8, 4) is 0 Å². The molecule has 2 heterocycles. The van der Waals surface area contributed by atoms with E-state index in [2.05, 4.69) is 14.0 Å². The summed E-state index contributed by atoms with van der Waals surface area (Å²) < 4.78 is 2.53. The van der Waals surface area contributed by atoms with E-state index in [1.807, 2.05) is 73.1 Å². The first-order chi connectivity index (χ1) is 13.9. The molecule has 5 rings (SSSR count). The average Bonchev–Trinajstić information content (AvgIpc) is 2.75. The molecule has 0 amide bonds. The highest BCUT2D eigenvalue weighted by Crippen LogP contribution is 2.44. The van der Waals surface area contributed by atoms with Crippen LogP contribution in [-0.4, -0.2) is 23.9 Å². The van der Waals surface area contributed by atoms with Crippen LogP contribution < -0.4 is 9.91 Å². The van der Waals surface area contributed by atoms with Gasteiger partial charge in [0.15, 0.2) is 5.43 Å². The van der Waals surface area contributed by atoms with Gasteiger partial charge in [-0.15, -0.1) is 0 Å². The Labute approximate surface area is 169 Å². The van der Waals surface area contributed by atoms with Crippen molar-refractivity contribution in [3.05, 3.63) is 81.5 Å². The number of rotatable bonds is 1. The Morgan fingerprint density at radius 2 is 1.59 bits per heavy atom.